The predicted octanol–water partition coefficient (Wildman–Crippen LogP) is 3.91. The minimum absolute atomic E-state index is 0.0643. The number of nitrogens with zero attached hydrogens (tertiary/aromatic N) is 1. The monoisotopic (exact) mass is 398 g/mol. The molecule has 6 nitrogen and oxygen atoms in total. The maximum absolute atomic E-state index is 12.4. The number of cyclic esters (lactones) is 1. The third-order valence-corrected chi connectivity index (χ3v) is 12.7. The minimum atomic E-state index is -2.07. The Morgan fingerprint density at radius 3 is 1.93 bits per heavy atom. The molecule has 2 heterocycles. The molecule has 0 bridgehead atoms. The van der Waals surface area contributed by atoms with Gasteiger partial charge in [-0.25, -0.2) is 4.79 Å². The van der Waals surface area contributed by atoms with Crippen LogP contribution in [-0.2, 0) is 14.0 Å². The van der Waals surface area contributed by atoms with Gasteiger partial charge in [-0.1, -0.05) is 55.4 Å². The molecule has 1 N–H and O–H groups in total. The number of carbonyl (C=O) groups is 2. The topological polar surface area (TPSA) is 67.9 Å². The Hall–Kier alpha value is -1.08. The molecular formula is C20H38N2O4Si. The molecule has 27 heavy (non-hydrogen) atoms. The molecule has 2 rings (SSSR count). The molecule has 156 valence electrons. The van der Waals surface area contributed by atoms with Crippen LogP contribution >= 0.6 is 0 Å². The molecule has 2 saturated heterocycles. The standard InChI is InChI=1S/C20H38N2O4Si/c1-11(2)16-10-25-20(24)22(16)18-17(21-19(18)23)15(9)26-27(12(3)4,13(5)6)14(7)8/h11-18H,10H2,1-9H3,(H,21,23)/t15-,16+,17-,18-/m0/s1. The van der Waals surface area contributed by atoms with Gasteiger partial charge in [-0.3, -0.25) is 9.69 Å². The van der Waals surface area contributed by atoms with E-state index in [1.54, 1.807) is 4.90 Å². The van der Waals surface area contributed by atoms with Gasteiger partial charge in [0.2, 0.25) is 14.2 Å². The first kappa shape index (κ1) is 22.2. The van der Waals surface area contributed by atoms with E-state index in [9.17, 15) is 9.59 Å². The van der Waals surface area contributed by atoms with Gasteiger partial charge in [-0.05, 0) is 29.5 Å². The molecule has 2 amide bonds. The zero-order chi connectivity index (χ0) is 20.7. The van der Waals surface area contributed by atoms with E-state index >= 15 is 0 Å². The van der Waals surface area contributed by atoms with Gasteiger partial charge in [0.25, 0.3) is 0 Å². The highest BCUT2D eigenvalue weighted by Crippen LogP contribution is 2.44. The van der Waals surface area contributed by atoms with Crippen molar-refractivity contribution in [2.45, 2.75) is 103 Å². The van der Waals surface area contributed by atoms with Crippen molar-refractivity contribution in [1.82, 2.24) is 10.2 Å². The average molecular weight is 399 g/mol. The van der Waals surface area contributed by atoms with Crippen molar-refractivity contribution in [3.63, 3.8) is 0 Å². The van der Waals surface area contributed by atoms with E-state index in [1.165, 1.54) is 0 Å². The summed E-state index contributed by atoms with van der Waals surface area (Å²) in [5, 5.41) is 3.00. The Morgan fingerprint density at radius 1 is 1.00 bits per heavy atom. The highest BCUT2D eigenvalue weighted by Gasteiger charge is 2.55. The van der Waals surface area contributed by atoms with Crippen LogP contribution in [0.3, 0.4) is 0 Å². The molecule has 2 aliphatic heterocycles. The summed E-state index contributed by atoms with van der Waals surface area (Å²) in [6, 6.07) is -0.751. The number of rotatable bonds is 8. The van der Waals surface area contributed by atoms with Crippen LogP contribution in [0.15, 0.2) is 0 Å². The van der Waals surface area contributed by atoms with Gasteiger partial charge in [-0.15, -0.1) is 0 Å². The SMILES string of the molecule is CC(C)[C@H]1COC(=O)N1[C@@H]1C(=O)N[C@H]1[C@H](C)O[Si](C(C)C)(C(C)C)C(C)C. The quantitative estimate of drug-likeness (QED) is 0.497. The Kier molecular flexibility index (Phi) is 6.67. The summed E-state index contributed by atoms with van der Waals surface area (Å²) in [7, 11) is -2.07. The Balaban J connectivity index is 2.24. The lowest BCUT2D eigenvalue weighted by molar-refractivity contribution is -0.140. The van der Waals surface area contributed by atoms with E-state index in [-0.39, 0.29) is 36.1 Å². The molecule has 0 radical (unpaired) electrons. The van der Waals surface area contributed by atoms with Gasteiger partial charge >= 0.3 is 6.09 Å². The maximum Gasteiger partial charge on any atom is 0.410 e. The van der Waals surface area contributed by atoms with Crippen molar-refractivity contribution >= 4 is 20.3 Å². The van der Waals surface area contributed by atoms with Gasteiger partial charge in [-0.2, -0.15) is 0 Å². The third-order valence-electron chi connectivity index (χ3n) is 6.54. The van der Waals surface area contributed by atoms with Crippen molar-refractivity contribution in [3.8, 4) is 0 Å². The first-order valence-corrected chi connectivity index (χ1v) is 12.5. The summed E-state index contributed by atoms with van der Waals surface area (Å²) < 4.78 is 12.1. The van der Waals surface area contributed by atoms with E-state index in [2.05, 4.69) is 60.7 Å². The fourth-order valence-corrected chi connectivity index (χ4v) is 10.8. The number of hydrogen-bond acceptors (Lipinski definition) is 4. The Morgan fingerprint density at radius 2 is 1.52 bits per heavy atom. The second kappa shape index (κ2) is 8.11. The summed E-state index contributed by atoms with van der Waals surface area (Å²) >= 11 is 0. The molecule has 0 spiro atoms. The summed E-state index contributed by atoms with van der Waals surface area (Å²) in [6.07, 6.45) is -0.529. The molecule has 0 aromatic heterocycles. The number of β-lactam (4-membered cyclic amide) rings is 1. The second-order valence-electron chi connectivity index (χ2n) is 9.42. The summed E-state index contributed by atoms with van der Waals surface area (Å²) in [5.74, 6) is 0.128. The van der Waals surface area contributed by atoms with Crippen LogP contribution in [0.4, 0.5) is 4.79 Å². The fourth-order valence-electron chi connectivity index (χ4n) is 5.15. The van der Waals surface area contributed by atoms with Crippen molar-refractivity contribution < 1.29 is 18.8 Å². The average Bonchev–Trinajstić information content (AvgIpc) is 2.90. The molecule has 0 aliphatic carbocycles. The summed E-state index contributed by atoms with van der Waals surface area (Å²) in [6.45, 7) is 20.0. The number of amides is 2. The maximum atomic E-state index is 12.4. The smallest absolute Gasteiger partial charge is 0.410 e. The molecule has 0 aromatic rings. The van der Waals surface area contributed by atoms with E-state index in [0.717, 1.165) is 0 Å². The van der Waals surface area contributed by atoms with Crippen molar-refractivity contribution in [2.75, 3.05) is 6.61 Å². The lowest BCUT2D eigenvalue weighted by Crippen LogP contribution is -2.75. The zero-order valence-corrected chi connectivity index (χ0v) is 19.4. The minimum Gasteiger partial charge on any atom is -0.447 e. The molecule has 2 fully saturated rings. The van der Waals surface area contributed by atoms with Gasteiger partial charge in [0, 0.05) is 0 Å². The van der Waals surface area contributed by atoms with Crippen molar-refractivity contribution in [3.05, 3.63) is 0 Å². The lowest BCUT2D eigenvalue weighted by Gasteiger charge is -2.50. The van der Waals surface area contributed by atoms with Crippen molar-refractivity contribution in [1.29, 1.82) is 0 Å². The fraction of sp³-hybridized carbons (Fsp3) is 0.900. The highest BCUT2D eigenvalue weighted by atomic mass is 28.4. The third kappa shape index (κ3) is 3.77. The van der Waals surface area contributed by atoms with Gasteiger partial charge in [0.15, 0.2) is 0 Å². The van der Waals surface area contributed by atoms with Crippen LogP contribution in [0, 0.1) is 5.92 Å². The Bertz CT molecular complexity index is 542. The van der Waals surface area contributed by atoms with Gasteiger partial charge in [0.05, 0.1) is 18.2 Å². The number of nitrogens with one attached hydrogen (secondary N) is 1. The Labute approximate surface area is 165 Å². The molecule has 0 unspecified atom stereocenters. The van der Waals surface area contributed by atoms with Crippen LogP contribution < -0.4 is 5.32 Å². The molecule has 0 aromatic carbocycles. The predicted molar refractivity (Wildman–Crippen MR) is 109 cm³/mol. The van der Waals surface area contributed by atoms with Crippen LogP contribution in [0.5, 0.6) is 0 Å². The van der Waals surface area contributed by atoms with Crippen LogP contribution in [0.2, 0.25) is 16.6 Å². The first-order valence-electron chi connectivity index (χ1n) is 10.4. The number of ether oxygens (including phenoxy) is 1. The number of hydrogen-bond donors (Lipinski definition) is 1. The lowest BCUT2D eigenvalue weighted by atomic mass is 9.90. The molecule has 4 atom stereocenters. The first-order chi connectivity index (χ1) is 12.4. The molecule has 0 saturated carbocycles. The molecular weight excluding hydrogens is 360 g/mol. The van der Waals surface area contributed by atoms with E-state index in [1.807, 2.05) is 6.92 Å². The van der Waals surface area contributed by atoms with E-state index in [0.29, 0.717) is 23.2 Å². The number of carbonyl (C=O) groups excluding carboxylic acids is 2. The van der Waals surface area contributed by atoms with Gasteiger partial charge < -0.3 is 14.5 Å². The van der Waals surface area contributed by atoms with Crippen LogP contribution in [0.1, 0.15) is 62.3 Å². The van der Waals surface area contributed by atoms with Crippen molar-refractivity contribution in [2.24, 2.45) is 5.92 Å². The normalized spacial score (nSPS) is 27.4. The van der Waals surface area contributed by atoms with E-state index in [4.69, 9.17) is 9.16 Å². The zero-order valence-electron chi connectivity index (χ0n) is 18.4. The second-order valence-corrected chi connectivity index (χ2v) is 14.8. The molecule has 7 heteroatoms. The van der Waals surface area contributed by atoms with Gasteiger partial charge in [0.1, 0.15) is 12.6 Å². The largest absolute Gasteiger partial charge is 0.447 e. The highest BCUT2D eigenvalue weighted by molar-refractivity contribution is 6.77. The van der Waals surface area contributed by atoms with Crippen LogP contribution in [0.25, 0.3) is 0 Å². The molecule has 2 aliphatic rings. The summed E-state index contributed by atoms with van der Waals surface area (Å²) in [4.78, 5) is 26.4. The summed E-state index contributed by atoms with van der Waals surface area (Å²) in [5.41, 5.74) is 1.40. The van der Waals surface area contributed by atoms with Crippen LogP contribution in [-0.4, -0.2) is 56.1 Å². The van der Waals surface area contributed by atoms with E-state index < -0.39 is 14.4 Å².